The first-order valence-corrected chi connectivity index (χ1v) is 5.85. The summed E-state index contributed by atoms with van der Waals surface area (Å²) < 4.78 is 4.22. The number of nitrogens with one attached hydrogen (secondary N) is 1. The summed E-state index contributed by atoms with van der Waals surface area (Å²) in [5.74, 6) is 0. The van der Waals surface area contributed by atoms with Crippen LogP contribution in [0.5, 0.6) is 0 Å². The average Bonchev–Trinajstić information content (AvgIpc) is 2.73. The van der Waals surface area contributed by atoms with Gasteiger partial charge in [0.2, 0.25) is 6.33 Å². The van der Waals surface area contributed by atoms with Crippen LogP contribution < -0.4 is 28.0 Å². The molecule has 1 aromatic carbocycles. The van der Waals surface area contributed by atoms with Gasteiger partial charge in [0.1, 0.15) is 12.4 Å². The smallest absolute Gasteiger partial charge is 0.243 e. The van der Waals surface area contributed by atoms with Gasteiger partial charge in [-0.2, -0.15) is 0 Å². The highest BCUT2D eigenvalue weighted by Gasteiger charge is 2.00. The Labute approximate surface area is 114 Å². The van der Waals surface area contributed by atoms with Crippen molar-refractivity contribution in [3.05, 3.63) is 43.0 Å². The summed E-state index contributed by atoms with van der Waals surface area (Å²) in [4.78, 5) is 0. The lowest BCUT2D eigenvalue weighted by Gasteiger charge is -2.07. The van der Waals surface area contributed by atoms with E-state index >= 15 is 0 Å². The summed E-state index contributed by atoms with van der Waals surface area (Å²) in [7, 11) is 2.03. The number of nitrogen functional groups attached to an aromatic ring is 1. The Bertz CT molecular complexity index is 481. The summed E-state index contributed by atoms with van der Waals surface area (Å²) in [5, 5.41) is 3.34. The standard InChI is InChI=1S/C13H19N4.ClH/c1-16-9-10-17(11-16)8-4-7-15-13-6-3-2-5-12(13)14;/h2-3,5-6,9-11,15H,4,7-8,14H2,1H3;1H/q+1;/p-1. The monoisotopic (exact) mass is 266 g/mol. The van der Waals surface area contributed by atoms with E-state index in [4.69, 9.17) is 5.73 Å². The van der Waals surface area contributed by atoms with Crippen molar-refractivity contribution in [3.8, 4) is 0 Å². The molecule has 0 amide bonds. The van der Waals surface area contributed by atoms with Crippen LogP contribution >= 0.6 is 0 Å². The molecular formula is C13H19ClN4. The molecule has 0 radical (unpaired) electrons. The number of rotatable bonds is 5. The van der Waals surface area contributed by atoms with Crippen LogP contribution in [0.3, 0.4) is 0 Å². The number of hydrogen-bond acceptors (Lipinski definition) is 2. The molecule has 18 heavy (non-hydrogen) atoms. The number of nitrogens with two attached hydrogens (primary N) is 1. The fourth-order valence-corrected chi connectivity index (χ4v) is 1.78. The van der Waals surface area contributed by atoms with Crippen molar-refractivity contribution in [2.75, 3.05) is 17.6 Å². The van der Waals surface area contributed by atoms with E-state index in [9.17, 15) is 0 Å². The van der Waals surface area contributed by atoms with Gasteiger partial charge >= 0.3 is 0 Å². The zero-order valence-corrected chi connectivity index (χ0v) is 11.3. The number of aryl methyl sites for hydroxylation is 2. The van der Waals surface area contributed by atoms with Crippen molar-refractivity contribution in [1.82, 2.24) is 4.57 Å². The lowest BCUT2D eigenvalue weighted by atomic mass is 10.2. The molecular weight excluding hydrogens is 248 g/mol. The quantitative estimate of drug-likeness (QED) is 0.389. The Morgan fingerprint density at radius 2 is 2.11 bits per heavy atom. The van der Waals surface area contributed by atoms with E-state index in [1.165, 1.54) is 0 Å². The van der Waals surface area contributed by atoms with Crippen LogP contribution in [0.15, 0.2) is 43.0 Å². The highest BCUT2D eigenvalue weighted by Crippen LogP contribution is 2.16. The zero-order valence-electron chi connectivity index (χ0n) is 10.5. The molecule has 0 aliphatic heterocycles. The van der Waals surface area contributed by atoms with Crippen LogP contribution in [0, 0.1) is 0 Å². The first kappa shape index (κ1) is 14.4. The molecule has 0 bridgehead atoms. The Balaban J connectivity index is 0.00000162. The summed E-state index contributed by atoms with van der Waals surface area (Å²) in [6.07, 6.45) is 7.28. The fourth-order valence-electron chi connectivity index (χ4n) is 1.78. The number of halogens is 1. The van der Waals surface area contributed by atoms with Gasteiger partial charge in [0, 0.05) is 13.0 Å². The minimum atomic E-state index is 0. The molecule has 2 rings (SSSR count). The minimum Gasteiger partial charge on any atom is -1.00 e. The summed E-state index contributed by atoms with van der Waals surface area (Å²) >= 11 is 0. The normalized spacial score (nSPS) is 9.83. The van der Waals surface area contributed by atoms with E-state index in [1.807, 2.05) is 42.1 Å². The molecule has 5 heteroatoms. The molecule has 0 unspecified atom stereocenters. The van der Waals surface area contributed by atoms with Gasteiger partial charge in [-0.1, -0.05) is 12.1 Å². The molecule has 0 aliphatic carbocycles. The first-order chi connectivity index (χ1) is 8.25. The number of nitrogens with zero attached hydrogens (tertiary/aromatic N) is 2. The van der Waals surface area contributed by atoms with E-state index in [0.29, 0.717) is 0 Å². The van der Waals surface area contributed by atoms with Crippen LogP contribution in [0.1, 0.15) is 6.42 Å². The Morgan fingerprint density at radius 1 is 1.33 bits per heavy atom. The summed E-state index contributed by atoms with van der Waals surface area (Å²) in [6, 6.07) is 7.85. The number of benzene rings is 1. The predicted octanol–water partition coefficient (Wildman–Crippen LogP) is -1.60. The number of para-hydroxylation sites is 2. The SMILES string of the molecule is C[n+]1ccn(CCCNc2ccccc2N)c1.[Cl-]. The van der Waals surface area contributed by atoms with Gasteiger partial charge < -0.3 is 23.5 Å². The van der Waals surface area contributed by atoms with Crippen LogP contribution in [0.2, 0.25) is 0 Å². The van der Waals surface area contributed by atoms with Crippen molar-refractivity contribution in [2.24, 2.45) is 7.05 Å². The first-order valence-electron chi connectivity index (χ1n) is 5.85. The van der Waals surface area contributed by atoms with Crippen molar-refractivity contribution in [1.29, 1.82) is 0 Å². The number of hydrogen-bond donors (Lipinski definition) is 2. The average molecular weight is 267 g/mol. The number of anilines is 2. The molecule has 3 N–H and O–H groups in total. The Hall–Kier alpha value is -1.68. The van der Waals surface area contributed by atoms with E-state index in [-0.39, 0.29) is 12.4 Å². The maximum Gasteiger partial charge on any atom is 0.243 e. The number of aromatic nitrogens is 2. The van der Waals surface area contributed by atoms with Crippen molar-refractivity contribution >= 4 is 11.4 Å². The molecule has 4 nitrogen and oxygen atoms in total. The summed E-state index contributed by atoms with van der Waals surface area (Å²) in [6.45, 7) is 1.94. The second-order valence-electron chi connectivity index (χ2n) is 4.18. The maximum absolute atomic E-state index is 5.85. The predicted molar refractivity (Wildman–Crippen MR) is 69.6 cm³/mol. The van der Waals surface area contributed by atoms with Crippen molar-refractivity contribution in [3.63, 3.8) is 0 Å². The third kappa shape index (κ3) is 3.96. The van der Waals surface area contributed by atoms with Gasteiger partial charge in [-0.3, -0.25) is 0 Å². The minimum absolute atomic E-state index is 0. The third-order valence-electron chi connectivity index (χ3n) is 2.69. The second-order valence-corrected chi connectivity index (χ2v) is 4.18. The molecule has 1 heterocycles. The van der Waals surface area contributed by atoms with Crippen LogP contribution in [-0.2, 0) is 13.6 Å². The highest BCUT2D eigenvalue weighted by molar-refractivity contribution is 5.65. The molecule has 1 aromatic heterocycles. The lowest BCUT2D eigenvalue weighted by Crippen LogP contribution is -3.00. The molecule has 0 fully saturated rings. The van der Waals surface area contributed by atoms with Gasteiger partial charge in [-0.25, -0.2) is 9.13 Å². The van der Waals surface area contributed by atoms with Gasteiger partial charge in [0.15, 0.2) is 0 Å². The molecule has 0 spiro atoms. The lowest BCUT2D eigenvalue weighted by molar-refractivity contribution is -0.671. The van der Waals surface area contributed by atoms with Crippen molar-refractivity contribution in [2.45, 2.75) is 13.0 Å². The molecule has 98 valence electrons. The van der Waals surface area contributed by atoms with Gasteiger partial charge in [-0.15, -0.1) is 0 Å². The van der Waals surface area contributed by atoms with Crippen LogP contribution in [0.4, 0.5) is 11.4 Å². The molecule has 0 saturated carbocycles. The third-order valence-corrected chi connectivity index (χ3v) is 2.69. The largest absolute Gasteiger partial charge is 1.00 e. The van der Waals surface area contributed by atoms with Crippen LogP contribution in [0.25, 0.3) is 0 Å². The van der Waals surface area contributed by atoms with E-state index < -0.39 is 0 Å². The fraction of sp³-hybridized carbons (Fsp3) is 0.308. The van der Waals surface area contributed by atoms with Gasteiger partial charge in [0.05, 0.1) is 25.0 Å². The van der Waals surface area contributed by atoms with Gasteiger partial charge in [-0.05, 0) is 12.1 Å². The van der Waals surface area contributed by atoms with Crippen LogP contribution in [-0.4, -0.2) is 11.1 Å². The molecule has 0 aliphatic rings. The zero-order chi connectivity index (χ0) is 12.1. The Morgan fingerprint density at radius 3 is 2.78 bits per heavy atom. The van der Waals surface area contributed by atoms with E-state index in [0.717, 1.165) is 30.9 Å². The maximum atomic E-state index is 5.85. The van der Waals surface area contributed by atoms with Gasteiger partial charge in [0.25, 0.3) is 0 Å². The van der Waals surface area contributed by atoms with E-state index in [1.54, 1.807) is 0 Å². The summed E-state index contributed by atoms with van der Waals surface area (Å²) in [5.41, 5.74) is 7.67. The molecule has 0 atom stereocenters. The topological polar surface area (TPSA) is 46.9 Å². The van der Waals surface area contributed by atoms with Crippen molar-refractivity contribution < 1.29 is 17.0 Å². The number of imidazole rings is 1. The highest BCUT2D eigenvalue weighted by atomic mass is 35.5. The molecule has 0 saturated heterocycles. The van der Waals surface area contributed by atoms with E-state index in [2.05, 4.69) is 22.4 Å². The Kier molecular flexibility index (Phi) is 5.52. The molecule has 2 aromatic rings. The second kappa shape index (κ2) is 6.91.